The third kappa shape index (κ3) is 1.49. The predicted molar refractivity (Wildman–Crippen MR) is 47.1 cm³/mol. The summed E-state index contributed by atoms with van der Waals surface area (Å²) in [4.78, 5) is 18.8. The van der Waals surface area contributed by atoms with Gasteiger partial charge in [0.1, 0.15) is 4.88 Å². The number of carboxylic acids is 1. The lowest BCUT2D eigenvalue weighted by Gasteiger charge is -1.81. The van der Waals surface area contributed by atoms with E-state index in [2.05, 4.69) is 15.1 Å². The van der Waals surface area contributed by atoms with E-state index in [9.17, 15) is 4.79 Å². The summed E-state index contributed by atoms with van der Waals surface area (Å²) in [6.07, 6.45) is 1.57. The Morgan fingerprint density at radius 1 is 1.64 bits per heavy atom. The molecule has 0 unspecified atom stereocenters. The lowest BCUT2D eigenvalue weighted by Crippen LogP contribution is -1.97. The van der Waals surface area contributed by atoms with Crippen LogP contribution in [-0.4, -0.2) is 26.2 Å². The van der Waals surface area contributed by atoms with Crippen molar-refractivity contribution in [1.29, 1.82) is 0 Å². The first-order chi connectivity index (χ1) is 6.66. The van der Waals surface area contributed by atoms with E-state index in [1.165, 1.54) is 11.3 Å². The zero-order valence-electron chi connectivity index (χ0n) is 7.09. The highest BCUT2D eigenvalue weighted by molar-refractivity contribution is 7.14. The Morgan fingerprint density at radius 3 is 2.93 bits per heavy atom. The SMILES string of the molecule is Cc1ncc(-c2nc(C(=O)O)no2)s1. The minimum atomic E-state index is -1.21. The summed E-state index contributed by atoms with van der Waals surface area (Å²) in [6.45, 7) is 1.84. The average molecular weight is 211 g/mol. The van der Waals surface area contributed by atoms with Gasteiger partial charge in [0.15, 0.2) is 0 Å². The molecule has 0 radical (unpaired) electrons. The first-order valence-electron chi connectivity index (χ1n) is 3.66. The Morgan fingerprint density at radius 2 is 2.43 bits per heavy atom. The van der Waals surface area contributed by atoms with Gasteiger partial charge < -0.3 is 9.63 Å². The van der Waals surface area contributed by atoms with Crippen molar-refractivity contribution in [3.8, 4) is 10.8 Å². The summed E-state index contributed by atoms with van der Waals surface area (Å²) >= 11 is 1.37. The van der Waals surface area contributed by atoms with Gasteiger partial charge in [-0.1, -0.05) is 0 Å². The van der Waals surface area contributed by atoms with E-state index in [-0.39, 0.29) is 11.7 Å². The Balaban J connectivity index is 2.38. The summed E-state index contributed by atoms with van der Waals surface area (Å²) in [5.74, 6) is -1.36. The number of aromatic nitrogens is 3. The largest absolute Gasteiger partial charge is 0.475 e. The van der Waals surface area contributed by atoms with Crippen molar-refractivity contribution in [2.24, 2.45) is 0 Å². The third-order valence-corrected chi connectivity index (χ3v) is 2.35. The van der Waals surface area contributed by atoms with Crippen molar-refractivity contribution in [2.45, 2.75) is 6.92 Å². The second kappa shape index (κ2) is 3.18. The highest BCUT2D eigenvalue weighted by Gasteiger charge is 2.15. The van der Waals surface area contributed by atoms with E-state index in [0.717, 1.165) is 5.01 Å². The van der Waals surface area contributed by atoms with Crippen molar-refractivity contribution >= 4 is 17.3 Å². The number of carboxylic acid groups (broad SMARTS) is 1. The predicted octanol–water partition coefficient (Wildman–Crippen LogP) is 1.20. The van der Waals surface area contributed by atoms with Crippen LogP contribution in [-0.2, 0) is 0 Å². The molecular weight excluding hydrogens is 206 g/mol. The first-order valence-corrected chi connectivity index (χ1v) is 4.48. The molecule has 72 valence electrons. The van der Waals surface area contributed by atoms with E-state index in [1.54, 1.807) is 6.20 Å². The van der Waals surface area contributed by atoms with E-state index >= 15 is 0 Å². The number of nitrogens with zero attached hydrogens (tertiary/aromatic N) is 3. The summed E-state index contributed by atoms with van der Waals surface area (Å²) in [5, 5.41) is 12.7. The van der Waals surface area contributed by atoms with Gasteiger partial charge in [-0.25, -0.2) is 9.78 Å². The molecule has 0 fully saturated rings. The van der Waals surface area contributed by atoms with E-state index in [0.29, 0.717) is 4.88 Å². The Bertz CT molecular complexity index is 476. The molecule has 0 aliphatic carbocycles. The van der Waals surface area contributed by atoms with Gasteiger partial charge >= 0.3 is 5.97 Å². The van der Waals surface area contributed by atoms with Crippen LogP contribution in [0, 0.1) is 6.92 Å². The quantitative estimate of drug-likeness (QED) is 0.802. The van der Waals surface area contributed by atoms with E-state index in [1.807, 2.05) is 6.92 Å². The average Bonchev–Trinajstić information content (AvgIpc) is 2.70. The van der Waals surface area contributed by atoms with Gasteiger partial charge in [-0.2, -0.15) is 4.98 Å². The molecule has 2 heterocycles. The summed E-state index contributed by atoms with van der Waals surface area (Å²) in [6, 6.07) is 0. The maximum Gasteiger partial charge on any atom is 0.377 e. The minimum Gasteiger partial charge on any atom is -0.475 e. The smallest absolute Gasteiger partial charge is 0.377 e. The molecule has 0 aliphatic heterocycles. The second-order valence-electron chi connectivity index (χ2n) is 2.47. The topological polar surface area (TPSA) is 89.1 Å². The van der Waals surface area contributed by atoms with Crippen molar-refractivity contribution in [3.05, 3.63) is 17.0 Å². The van der Waals surface area contributed by atoms with Crippen LogP contribution in [0.4, 0.5) is 0 Å². The van der Waals surface area contributed by atoms with Crippen molar-refractivity contribution in [1.82, 2.24) is 15.1 Å². The number of aromatic carboxylic acids is 1. The molecule has 0 amide bonds. The van der Waals surface area contributed by atoms with E-state index in [4.69, 9.17) is 9.63 Å². The molecule has 0 saturated heterocycles. The van der Waals surface area contributed by atoms with Gasteiger partial charge in [-0.05, 0) is 12.1 Å². The molecule has 0 aromatic carbocycles. The number of thiazole rings is 1. The molecule has 0 spiro atoms. The Kier molecular flexibility index (Phi) is 2.01. The summed E-state index contributed by atoms with van der Waals surface area (Å²) < 4.78 is 4.75. The Hall–Kier alpha value is -1.76. The zero-order valence-corrected chi connectivity index (χ0v) is 7.91. The fourth-order valence-electron chi connectivity index (χ4n) is 0.871. The monoisotopic (exact) mass is 211 g/mol. The fraction of sp³-hybridized carbons (Fsp3) is 0.143. The van der Waals surface area contributed by atoms with Crippen LogP contribution in [0.5, 0.6) is 0 Å². The molecule has 0 atom stereocenters. The van der Waals surface area contributed by atoms with Gasteiger partial charge in [0.25, 0.3) is 11.7 Å². The molecule has 0 bridgehead atoms. The minimum absolute atomic E-state index is 0.188. The van der Waals surface area contributed by atoms with Crippen molar-refractivity contribution in [3.63, 3.8) is 0 Å². The van der Waals surface area contributed by atoms with Crippen LogP contribution in [0.15, 0.2) is 10.7 Å². The highest BCUT2D eigenvalue weighted by Crippen LogP contribution is 2.23. The second-order valence-corrected chi connectivity index (χ2v) is 3.71. The molecule has 2 rings (SSSR count). The first kappa shape index (κ1) is 8.82. The van der Waals surface area contributed by atoms with Crippen LogP contribution in [0.2, 0.25) is 0 Å². The van der Waals surface area contributed by atoms with Crippen LogP contribution in [0.3, 0.4) is 0 Å². The molecule has 6 nitrogen and oxygen atoms in total. The molecule has 2 aromatic rings. The lowest BCUT2D eigenvalue weighted by atomic mass is 10.5. The van der Waals surface area contributed by atoms with Gasteiger partial charge in [0.2, 0.25) is 0 Å². The number of rotatable bonds is 2. The lowest BCUT2D eigenvalue weighted by molar-refractivity contribution is 0.0680. The molecule has 7 heteroatoms. The molecule has 14 heavy (non-hydrogen) atoms. The number of carbonyl (C=O) groups is 1. The normalized spacial score (nSPS) is 10.4. The van der Waals surface area contributed by atoms with Crippen LogP contribution < -0.4 is 0 Å². The maximum absolute atomic E-state index is 10.5. The maximum atomic E-state index is 10.5. The third-order valence-electron chi connectivity index (χ3n) is 1.45. The van der Waals surface area contributed by atoms with Gasteiger partial charge in [-0.3, -0.25) is 0 Å². The molecule has 1 N–H and O–H groups in total. The van der Waals surface area contributed by atoms with Gasteiger partial charge in [-0.15, -0.1) is 11.3 Å². The standard InChI is InChI=1S/C7H5N3O3S/c1-3-8-2-4(14-3)6-9-5(7(11)12)10-13-6/h2H,1H3,(H,11,12). The fourth-order valence-corrected chi connectivity index (χ4v) is 1.57. The molecular formula is C7H5N3O3S. The van der Waals surface area contributed by atoms with Crippen LogP contribution in [0.1, 0.15) is 15.6 Å². The Labute approximate surface area is 82.2 Å². The number of hydrogen-bond acceptors (Lipinski definition) is 6. The molecule has 2 aromatic heterocycles. The zero-order chi connectivity index (χ0) is 10.1. The van der Waals surface area contributed by atoms with Crippen LogP contribution >= 0.6 is 11.3 Å². The van der Waals surface area contributed by atoms with E-state index < -0.39 is 5.97 Å². The van der Waals surface area contributed by atoms with Gasteiger partial charge in [0.05, 0.1) is 11.2 Å². The molecule has 0 aliphatic rings. The number of hydrogen-bond donors (Lipinski definition) is 1. The van der Waals surface area contributed by atoms with Crippen molar-refractivity contribution < 1.29 is 14.4 Å². The highest BCUT2D eigenvalue weighted by atomic mass is 32.1. The van der Waals surface area contributed by atoms with Gasteiger partial charge in [0, 0.05) is 0 Å². The number of aryl methyl sites for hydroxylation is 1. The van der Waals surface area contributed by atoms with Crippen LogP contribution in [0.25, 0.3) is 10.8 Å². The molecule has 0 saturated carbocycles. The summed E-state index contributed by atoms with van der Waals surface area (Å²) in [7, 11) is 0. The van der Waals surface area contributed by atoms with Crippen molar-refractivity contribution in [2.75, 3.05) is 0 Å². The summed E-state index contributed by atoms with van der Waals surface area (Å²) in [5.41, 5.74) is 0.